The van der Waals surface area contributed by atoms with Crippen molar-refractivity contribution in [1.29, 1.82) is 0 Å². The van der Waals surface area contributed by atoms with E-state index in [1.165, 1.54) is 88.2 Å². The van der Waals surface area contributed by atoms with Crippen molar-refractivity contribution in [2.45, 2.75) is 87.9 Å². The lowest BCUT2D eigenvalue weighted by Crippen LogP contribution is -2.52. The summed E-state index contributed by atoms with van der Waals surface area (Å²) >= 11 is 0. The van der Waals surface area contributed by atoms with Gasteiger partial charge >= 0.3 is 11.9 Å². The molecule has 46 heavy (non-hydrogen) atoms. The Kier molecular flexibility index (Phi) is 6.40. The minimum absolute atomic E-state index is 0.167. The predicted octanol–water partition coefficient (Wildman–Crippen LogP) is 9.60. The largest absolute Gasteiger partial charge is 0.478 e. The first-order valence-electron chi connectivity index (χ1n) is 17.4. The van der Waals surface area contributed by atoms with Crippen LogP contribution in [0, 0.1) is 35.5 Å². The van der Waals surface area contributed by atoms with Gasteiger partial charge in [-0.3, -0.25) is 0 Å². The first-order valence-corrected chi connectivity index (χ1v) is 17.4. The third-order valence-electron chi connectivity index (χ3n) is 13.0. The molecule has 6 nitrogen and oxygen atoms in total. The summed E-state index contributed by atoms with van der Waals surface area (Å²) < 4.78 is 13.3. The zero-order valence-corrected chi connectivity index (χ0v) is 26.3. The van der Waals surface area contributed by atoms with Crippen molar-refractivity contribution in [2.75, 3.05) is 0 Å². The Labute approximate surface area is 270 Å². The highest BCUT2D eigenvalue weighted by molar-refractivity contribution is 5.88. The molecule has 0 aromatic heterocycles. The Hall–Kier alpha value is -3.80. The van der Waals surface area contributed by atoms with Crippen molar-refractivity contribution < 1.29 is 29.3 Å². The van der Waals surface area contributed by atoms with Crippen LogP contribution in [-0.2, 0) is 10.8 Å². The number of carboxylic acids is 2. The van der Waals surface area contributed by atoms with Gasteiger partial charge in [0.05, 0.1) is 11.1 Å². The Balaban J connectivity index is 1.20. The second-order valence-corrected chi connectivity index (χ2v) is 16.1. The van der Waals surface area contributed by atoms with Crippen LogP contribution in [0.15, 0.2) is 60.7 Å². The van der Waals surface area contributed by atoms with Crippen LogP contribution in [-0.4, -0.2) is 22.2 Å². The molecule has 0 spiro atoms. The summed E-state index contributed by atoms with van der Waals surface area (Å²) in [6.45, 7) is 0. The summed E-state index contributed by atoms with van der Waals surface area (Å²) in [4.78, 5) is 23.1. The van der Waals surface area contributed by atoms with Gasteiger partial charge in [0.15, 0.2) is 11.5 Å². The molecule has 0 heterocycles. The lowest BCUT2D eigenvalue weighted by Gasteiger charge is -2.61. The van der Waals surface area contributed by atoms with Gasteiger partial charge in [-0.05, 0) is 195 Å². The standard InChI is InChI=1S/C40H42O6/c41-37(42)29-1-5-31(6-2-29)45-35-15-33(39-17-23-9-24(18-39)11-25(10-23)19-39)34(40-20-26-12-27(21-40)14-28(13-26)22-40)16-36(35)46-32-7-3-30(4-8-32)38(43)44/h1-8,15-16,23-28H,9-14,17-22H2,(H,41,42)(H,43,44). The maximum Gasteiger partial charge on any atom is 0.335 e. The molecule has 0 atom stereocenters. The molecule has 8 fully saturated rings. The molecule has 11 rings (SSSR count). The van der Waals surface area contributed by atoms with E-state index in [4.69, 9.17) is 9.47 Å². The highest BCUT2D eigenvalue weighted by Gasteiger charge is 2.57. The first kappa shape index (κ1) is 28.4. The molecule has 0 radical (unpaired) electrons. The van der Waals surface area contributed by atoms with Crippen molar-refractivity contribution in [1.82, 2.24) is 0 Å². The minimum atomic E-state index is -0.968. The van der Waals surface area contributed by atoms with Crippen molar-refractivity contribution in [3.05, 3.63) is 82.9 Å². The molecule has 0 unspecified atom stereocenters. The molecule has 0 aliphatic heterocycles. The maximum absolute atomic E-state index is 11.5. The SMILES string of the molecule is O=C(O)c1ccc(Oc2cc(C34CC5CC(CC(C5)C3)C4)c(C34CC5CC(CC(C5)C3)C4)cc2Oc2ccc(C(=O)O)cc2)cc1. The van der Waals surface area contributed by atoms with Gasteiger partial charge in [-0.25, -0.2) is 9.59 Å². The van der Waals surface area contributed by atoms with Crippen LogP contribution in [0.25, 0.3) is 0 Å². The molecule has 3 aromatic carbocycles. The average Bonchev–Trinajstić information content (AvgIpc) is 3.01. The fourth-order valence-electron chi connectivity index (χ4n) is 12.1. The van der Waals surface area contributed by atoms with Gasteiger partial charge in [-0.2, -0.15) is 0 Å². The molecule has 0 saturated heterocycles. The van der Waals surface area contributed by atoms with E-state index in [2.05, 4.69) is 12.1 Å². The van der Waals surface area contributed by atoms with E-state index in [0.29, 0.717) is 23.0 Å². The zero-order valence-electron chi connectivity index (χ0n) is 26.3. The van der Waals surface area contributed by atoms with Gasteiger partial charge in [0.1, 0.15) is 11.5 Å². The summed E-state index contributed by atoms with van der Waals surface area (Å²) in [5.74, 6) is 5.35. The average molecular weight is 619 g/mol. The molecule has 0 amide bonds. The van der Waals surface area contributed by atoms with Crippen molar-refractivity contribution >= 4 is 11.9 Å². The molecular formula is C40H42O6. The summed E-state index contributed by atoms with van der Waals surface area (Å²) in [5.41, 5.74) is 3.77. The van der Waals surface area contributed by atoms with Crippen LogP contribution in [0.3, 0.4) is 0 Å². The monoisotopic (exact) mass is 618 g/mol. The predicted molar refractivity (Wildman–Crippen MR) is 173 cm³/mol. The van der Waals surface area contributed by atoms with Gasteiger partial charge in [-0.15, -0.1) is 0 Å². The minimum Gasteiger partial charge on any atom is -0.478 e. The van der Waals surface area contributed by atoms with E-state index in [1.807, 2.05) is 0 Å². The number of hydrogen-bond donors (Lipinski definition) is 2. The Bertz CT molecular complexity index is 1510. The van der Waals surface area contributed by atoms with Crippen molar-refractivity contribution in [2.24, 2.45) is 35.5 Å². The Morgan fingerprint density at radius 3 is 1.04 bits per heavy atom. The summed E-state index contributed by atoms with van der Waals surface area (Å²) in [5, 5.41) is 18.9. The lowest BCUT2D eigenvalue weighted by molar-refractivity contribution is -0.0176. The fraction of sp³-hybridized carbons (Fsp3) is 0.500. The molecule has 8 aliphatic carbocycles. The highest BCUT2D eigenvalue weighted by atomic mass is 16.5. The fourth-order valence-corrected chi connectivity index (χ4v) is 12.1. The maximum atomic E-state index is 11.5. The van der Waals surface area contributed by atoms with Crippen LogP contribution in [0.1, 0.15) is 109 Å². The zero-order chi connectivity index (χ0) is 31.2. The molecular weight excluding hydrogens is 576 g/mol. The van der Waals surface area contributed by atoms with E-state index in [1.54, 1.807) is 48.5 Å². The second-order valence-electron chi connectivity index (χ2n) is 16.1. The molecule has 3 aromatic rings. The van der Waals surface area contributed by atoms with Crippen molar-refractivity contribution in [3.63, 3.8) is 0 Å². The smallest absolute Gasteiger partial charge is 0.335 e. The number of carboxylic acid groups (broad SMARTS) is 2. The quantitative estimate of drug-likeness (QED) is 0.261. The van der Waals surface area contributed by atoms with Crippen LogP contribution in [0.5, 0.6) is 23.0 Å². The number of carbonyl (C=O) groups is 2. The Morgan fingerprint density at radius 1 is 0.500 bits per heavy atom. The third kappa shape index (κ3) is 4.74. The molecule has 8 bridgehead atoms. The number of benzene rings is 3. The molecule has 6 heteroatoms. The summed E-state index contributed by atoms with van der Waals surface area (Å²) in [6.07, 6.45) is 15.9. The van der Waals surface area contributed by atoms with Gasteiger partial charge in [0, 0.05) is 0 Å². The van der Waals surface area contributed by atoms with E-state index in [0.717, 1.165) is 35.5 Å². The van der Waals surface area contributed by atoms with Gasteiger partial charge in [0.2, 0.25) is 0 Å². The van der Waals surface area contributed by atoms with Crippen LogP contribution in [0.4, 0.5) is 0 Å². The topological polar surface area (TPSA) is 93.1 Å². The molecule has 238 valence electrons. The van der Waals surface area contributed by atoms with Crippen LogP contribution in [0.2, 0.25) is 0 Å². The van der Waals surface area contributed by atoms with E-state index >= 15 is 0 Å². The van der Waals surface area contributed by atoms with Crippen LogP contribution < -0.4 is 9.47 Å². The number of hydrogen-bond acceptors (Lipinski definition) is 4. The molecule has 8 saturated carbocycles. The van der Waals surface area contributed by atoms with E-state index in [-0.39, 0.29) is 22.0 Å². The first-order chi connectivity index (χ1) is 22.2. The molecule has 2 N–H and O–H groups in total. The normalized spacial score (nSPS) is 34.9. The van der Waals surface area contributed by atoms with E-state index in [9.17, 15) is 19.8 Å². The summed E-state index contributed by atoms with van der Waals surface area (Å²) in [7, 11) is 0. The summed E-state index contributed by atoms with van der Waals surface area (Å²) in [6, 6.07) is 17.8. The van der Waals surface area contributed by atoms with Crippen molar-refractivity contribution in [3.8, 4) is 23.0 Å². The molecule has 8 aliphatic rings. The third-order valence-corrected chi connectivity index (χ3v) is 13.0. The number of aromatic carboxylic acids is 2. The lowest BCUT2D eigenvalue weighted by atomic mass is 9.44. The van der Waals surface area contributed by atoms with Gasteiger partial charge < -0.3 is 19.7 Å². The number of rotatable bonds is 8. The van der Waals surface area contributed by atoms with E-state index < -0.39 is 11.9 Å². The highest BCUT2D eigenvalue weighted by Crippen LogP contribution is 2.66. The second kappa shape index (κ2) is 10.4. The van der Waals surface area contributed by atoms with Gasteiger partial charge in [-0.1, -0.05) is 0 Å². The van der Waals surface area contributed by atoms with Gasteiger partial charge in [0.25, 0.3) is 0 Å². The number of ether oxygens (including phenoxy) is 2. The Morgan fingerprint density at radius 2 is 0.783 bits per heavy atom. The van der Waals surface area contributed by atoms with Crippen LogP contribution >= 0.6 is 0 Å².